The van der Waals surface area contributed by atoms with Gasteiger partial charge >= 0.3 is 6.85 Å². The van der Waals surface area contributed by atoms with Gasteiger partial charge < -0.3 is 14.1 Å². The van der Waals surface area contributed by atoms with Crippen molar-refractivity contribution in [2.24, 2.45) is 0 Å². The Kier molecular flexibility index (Phi) is 8.08. The number of furan rings is 1. The Hall–Kier alpha value is -6.30. The lowest BCUT2D eigenvalue weighted by molar-refractivity contribution is 0.332. The fraction of sp³-hybridized carbons (Fsp3) is 0.270. The van der Waals surface area contributed by atoms with Gasteiger partial charge in [0.25, 0.3) is 0 Å². The predicted octanol–water partition coefficient (Wildman–Crippen LogP) is 16.8. The van der Waals surface area contributed by atoms with Gasteiger partial charge in [-0.2, -0.15) is 0 Å². The summed E-state index contributed by atoms with van der Waals surface area (Å²) in [6.07, 6.45) is 4.63. The van der Waals surface area contributed by atoms with Gasteiger partial charge in [0.05, 0.1) is 5.69 Å². The van der Waals surface area contributed by atoms with Crippen LogP contribution in [0.3, 0.4) is 0 Å². The Labute approximate surface area is 404 Å². The van der Waals surface area contributed by atoms with Gasteiger partial charge in [0.2, 0.25) is 0 Å². The zero-order valence-electron chi connectivity index (χ0n) is 40.8. The molecule has 68 heavy (non-hydrogen) atoms. The van der Waals surface area contributed by atoms with E-state index in [1.807, 2.05) is 11.3 Å². The van der Waals surface area contributed by atoms with Crippen molar-refractivity contribution < 1.29 is 4.42 Å². The van der Waals surface area contributed by atoms with E-state index < -0.39 is 0 Å². The molecular weight excluding hydrogens is 844 g/mol. The molecule has 4 aliphatic rings. The number of aryl methyl sites for hydroxylation is 1. The normalized spacial score (nSPS) is 18.2. The molecule has 0 saturated heterocycles. The Balaban J connectivity index is 1.19. The lowest BCUT2D eigenvalue weighted by Gasteiger charge is -2.46. The molecule has 0 unspecified atom stereocenters. The van der Waals surface area contributed by atoms with Crippen LogP contribution >= 0.6 is 11.3 Å². The third-order valence-electron chi connectivity index (χ3n) is 17.4. The van der Waals surface area contributed by atoms with Crippen LogP contribution in [0.25, 0.3) is 63.8 Å². The maximum Gasteiger partial charge on any atom is 0.375 e. The molecule has 0 fully saturated rings. The van der Waals surface area contributed by atoms with Crippen molar-refractivity contribution in [3.8, 4) is 11.1 Å². The lowest BCUT2D eigenvalue weighted by atomic mass is 9.45. The Morgan fingerprint density at radius 1 is 0.485 bits per heavy atom. The van der Waals surface area contributed by atoms with Gasteiger partial charge in [-0.3, -0.25) is 0 Å². The average molecular weight is 901 g/mol. The number of fused-ring (bicyclic) bond motifs is 15. The van der Waals surface area contributed by atoms with Crippen molar-refractivity contribution in [2.45, 2.75) is 110 Å². The molecule has 2 aromatic heterocycles. The van der Waals surface area contributed by atoms with Crippen LogP contribution in [0.1, 0.15) is 109 Å². The summed E-state index contributed by atoms with van der Waals surface area (Å²) in [5.41, 5.74) is 19.2. The smallest absolute Gasteiger partial charge is 0.375 e. The Bertz CT molecular complexity index is 3860. The summed E-state index contributed by atoms with van der Waals surface area (Å²) in [5.74, 6) is 0. The highest BCUT2D eigenvalue weighted by Crippen LogP contribution is 2.57. The van der Waals surface area contributed by atoms with Gasteiger partial charge in [0.1, 0.15) is 11.2 Å². The SMILES string of the molecule is Cc1cc2c(cc1N1c3cc4ccccc4c4c3B(c3oc5cc6c(cc5c31)C(C)(C)CCC6(C)C)N(c1cccc3sc5ccccc5c13)c1ccc3ccccc3c1-4)C(C)(C)CCC2(C)C. The minimum Gasteiger partial charge on any atom is -0.466 e. The number of anilines is 5. The quantitative estimate of drug-likeness (QED) is 0.161. The molecule has 0 radical (unpaired) electrons. The van der Waals surface area contributed by atoms with E-state index in [0.717, 1.165) is 30.5 Å². The van der Waals surface area contributed by atoms with Crippen LogP contribution in [0.2, 0.25) is 0 Å². The maximum absolute atomic E-state index is 7.81. The first-order valence-corrected chi connectivity index (χ1v) is 25.8. The molecule has 3 nitrogen and oxygen atoms in total. The lowest BCUT2D eigenvalue weighted by Crippen LogP contribution is -2.61. The van der Waals surface area contributed by atoms with E-state index in [9.17, 15) is 0 Å². The molecule has 334 valence electrons. The van der Waals surface area contributed by atoms with Crippen LogP contribution in [0.4, 0.5) is 28.4 Å². The maximum atomic E-state index is 7.81. The molecule has 0 atom stereocenters. The summed E-state index contributed by atoms with van der Waals surface area (Å²) in [5, 5.41) is 8.83. The highest BCUT2D eigenvalue weighted by molar-refractivity contribution is 7.26. The van der Waals surface area contributed by atoms with E-state index in [4.69, 9.17) is 4.42 Å². The first kappa shape index (κ1) is 40.7. The summed E-state index contributed by atoms with van der Waals surface area (Å²) < 4.78 is 10.4. The second-order valence-electron chi connectivity index (χ2n) is 23.4. The first-order chi connectivity index (χ1) is 32.6. The minimum atomic E-state index is -0.271. The van der Waals surface area contributed by atoms with E-state index in [1.54, 1.807) is 0 Å². The van der Waals surface area contributed by atoms with E-state index in [2.05, 4.69) is 205 Å². The van der Waals surface area contributed by atoms with E-state index in [-0.39, 0.29) is 28.5 Å². The van der Waals surface area contributed by atoms with Gasteiger partial charge in [0, 0.05) is 53.9 Å². The summed E-state index contributed by atoms with van der Waals surface area (Å²) in [6.45, 7) is 21.7. The van der Waals surface area contributed by atoms with Crippen molar-refractivity contribution in [1.82, 2.24) is 0 Å². The summed E-state index contributed by atoms with van der Waals surface area (Å²) in [7, 11) is 0. The summed E-state index contributed by atoms with van der Waals surface area (Å²) >= 11 is 1.89. The Morgan fingerprint density at radius 2 is 1.07 bits per heavy atom. The molecule has 4 heterocycles. The largest absolute Gasteiger partial charge is 0.466 e. The van der Waals surface area contributed by atoms with Crippen molar-refractivity contribution in [1.29, 1.82) is 0 Å². The topological polar surface area (TPSA) is 19.6 Å². The van der Waals surface area contributed by atoms with Crippen molar-refractivity contribution in [3.63, 3.8) is 0 Å². The van der Waals surface area contributed by atoms with Crippen LogP contribution in [0, 0.1) is 6.92 Å². The van der Waals surface area contributed by atoms with Crippen LogP contribution in [0.5, 0.6) is 0 Å². The second kappa shape index (κ2) is 13.5. The average Bonchev–Trinajstić information content (AvgIpc) is 3.90. The van der Waals surface area contributed by atoms with Crippen molar-refractivity contribution >= 4 is 110 Å². The molecule has 0 amide bonds. The molecule has 14 rings (SSSR count). The Morgan fingerprint density at radius 3 is 1.79 bits per heavy atom. The number of hydrogen-bond donors (Lipinski definition) is 0. The molecule has 10 aromatic rings. The zero-order chi connectivity index (χ0) is 46.4. The molecule has 0 bridgehead atoms. The van der Waals surface area contributed by atoms with Crippen LogP contribution in [-0.4, -0.2) is 6.85 Å². The fourth-order valence-electron chi connectivity index (χ4n) is 13.4. The predicted molar refractivity (Wildman–Crippen MR) is 293 cm³/mol. The standard InChI is InChI=1S/C63H57BN2OS/c1-36-31-43-45(62(6,7)29-27-60(43,2)3)34-49(36)65-50-32-38-18-11-13-20-40(38)56-55-39-19-12-10-17-37(39)25-26-48(55)66(47-22-16-24-53-54(47)41-21-14-15-23-52(41)68-53)64(57(50)56)59-58(65)42-33-44-46(35-51(42)67-59)63(8,9)30-28-61(44,4)5/h10-26,31-35H,27-30H2,1-9H3. The molecule has 0 saturated carbocycles. The molecule has 8 aromatic carbocycles. The number of nitrogens with zero attached hydrogens (tertiary/aromatic N) is 2. The van der Waals surface area contributed by atoms with Crippen molar-refractivity contribution in [2.75, 3.05) is 9.71 Å². The molecule has 5 heteroatoms. The van der Waals surface area contributed by atoms with Gasteiger partial charge in [-0.25, -0.2) is 0 Å². The van der Waals surface area contributed by atoms with Gasteiger partial charge in [0.15, 0.2) is 0 Å². The number of thiophene rings is 1. The summed E-state index contributed by atoms with van der Waals surface area (Å²) in [4.78, 5) is 5.38. The third kappa shape index (κ3) is 5.37. The van der Waals surface area contributed by atoms with Crippen LogP contribution in [-0.2, 0) is 21.7 Å². The van der Waals surface area contributed by atoms with Crippen LogP contribution in [0.15, 0.2) is 138 Å². The number of benzene rings is 8. The van der Waals surface area contributed by atoms with Gasteiger partial charge in [-0.1, -0.05) is 140 Å². The third-order valence-corrected chi connectivity index (χ3v) is 18.6. The fourth-order valence-corrected chi connectivity index (χ4v) is 14.6. The molecule has 2 aliphatic carbocycles. The van der Waals surface area contributed by atoms with Crippen molar-refractivity contribution in [3.05, 3.63) is 161 Å². The number of rotatable bonds is 2. The van der Waals surface area contributed by atoms with Gasteiger partial charge in [-0.05, 0) is 163 Å². The highest BCUT2D eigenvalue weighted by atomic mass is 32.1. The molecule has 2 aliphatic heterocycles. The minimum absolute atomic E-state index is 0.0217. The van der Waals surface area contributed by atoms with Gasteiger partial charge in [-0.15, -0.1) is 11.3 Å². The monoisotopic (exact) mass is 900 g/mol. The number of hydrogen-bond acceptors (Lipinski definition) is 4. The molecular formula is C63H57BN2OS. The van der Waals surface area contributed by atoms with E-state index in [1.165, 1.54) is 126 Å². The summed E-state index contributed by atoms with van der Waals surface area (Å²) in [6, 6.07) is 51.6. The van der Waals surface area contributed by atoms with Crippen LogP contribution < -0.4 is 20.8 Å². The second-order valence-corrected chi connectivity index (χ2v) is 24.5. The van der Waals surface area contributed by atoms with E-state index >= 15 is 0 Å². The first-order valence-electron chi connectivity index (χ1n) is 25.0. The van der Waals surface area contributed by atoms with E-state index in [0.29, 0.717) is 0 Å². The molecule has 0 spiro atoms. The highest BCUT2D eigenvalue weighted by Gasteiger charge is 2.51. The zero-order valence-corrected chi connectivity index (χ0v) is 41.6. The molecule has 0 N–H and O–H groups in total.